The zero-order valence-corrected chi connectivity index (χ0v) is 13.8. The Bertz CT molecular complexity index is 740. The molecule has 0 aliphatic carbocycles. The number of benzene rings is 2. The van der Waals surface area contributed by atoms with Gasteiger partial charge in [0.05, 0.1) is 5.70 Å². The Labute approximate surface area is 146 Å². The van der Waals surface area contributed by atoms with Crippen LogP contribution in [0, 0.1) is 6.92 Å². The summed E-state index contributed by atoms with van der Waals surface area (Å²) in [5.74, 6) is -1.00. The maximum absolute atomic E-state index is 11.9. The van der Waals surface area contributed by atoms with E-state index >= 15 is 0 Å². The van der Waals surface area contributed by atoms with Gasteiger partial charge in [-0.15, -0.1) is 0 Å². The van der Waals surface area contributed by atoms with Gasteiger partial charge < -0.3 is 14.6 Å². The van der Waals surface area contributed by atoms with E-state index in [1.54, 1.807) is 24.3 Å². The van der Waals surface area contributed by atoms with Crippen molar-refractivity contribution >= 4 is 17.6 Å². The fourth-order valence-corrected chi connectivity index (χ4v) is 2.00. The molecule has 0 aliphatic heterocycles. The maximum Gasteiger partial charge on any atom is 0.276 e. The summed E-state index contributed by atoms with van der Waals surface area (Å²) < 4.78 is 5.38. The summed E-state index contributed by atoms with van der Waals surface area (Å²) in [5, 5.41) is 10.7. The van der Waals surface area contributed by atoms with E-state index in [0.29, 0.717) is 11.4 Å². The molecule has 2 N–H and O–H groups in total. The van der Waals surface area contributed by atoms with Crippen molar-refractivity contribution in [1.82, 2.24) is 10.9 Å². The van der Waals surface area contributed by atoms with Crippen molar-refractivity contribution in [3.8, 4) is 5.75 Å². The van der Waals surface area contributed by atoms with E-state index in [-0.39, 0.29) is 13.0 Å². The van der Waals surface area contributed by atoms with Gasteiger partial charge in [-0.05, 0) is 24.6 Å². The molecule has 0 spiro atoms. The predicted molar refractivity (Wildman–Crippen MR) is 92.0 cm³/mol. The fourth-order valence-electron chi connectivity index (χ4n) is 2.00. The molecule has 130 valence electrons. The number of aryl methyl sites for hydroxylation is 1. The van der Waals surface area contributed by atoms with E-state index in [2.05, 4.69) is 10.9 Å². The average Bonchev–Trinajstić information content (AvgIpc) is 2.62. The van der Waals surface area contributed by atoms with Crippen molar-refractivity contribution in [3.63, 3.8) is 0 Å². The van der Waals surface area contributed by atoms with Crippen molar-refractivity contribution in [1.29, 1.82) is 0 Å². The molecule has 2 aromatic carbocycles. The summed E-state index contributed by atoms with van der Waals surface area (Å²) >= 11 is 0. The van der Waals surface area contributed by atoms with E-state index in [9.17, 15) is 14.7 Å². The number of carbonyl (C=O) groups is 2. The van der Waals surface area contributed by atoms with Crippen LogP contribution in [-0.4, -0.2) is 18.5 Å². The standard InChI is InChI=1S/C19H20N2O4/c1-14-7-9-16(10-8-14)25-13-18(22)21-20-17(11-12-19(23)24)15-5-3-2-4-6-15/h2-11,20H,12-13H2,1H3,(H,21,22)(H,23,24)/p-1. The zero-order chi connectivity index (χ0) is 18.1. The van der Waals surface area contributed by atoms with Crippen LogP contribution in [0.5, 0.6) is 5.75 Å². The second-order valence-corrected chi connectivity index (χ2v) is 5.33. The summed E-state index contributed by atoms with van der Waals surface area (Å²) in [6.07, 6.45) is 1.17. The van der Waals surface area contributed by atoms with Crippen molar-refractivity contribution < 1.29 is 19.4 Å². The molecule has 0 atom stereocenters. The largest absolute Gasteiger partial charge is 0.550 e. The summed E-state index contributed by atoms with van der Waals surface area (Å²) in [6, 6.07) is 16.4. The van der Waals surface area contributed by atoms with Crippen LogP contribution in [0.1, 0.15) is 17.5 Å². The van der Waals surface area contributed by atoms with Crippen LogP contribution < -0.4 is 20.7 Å². The van der Waals surface area contributed by atoms with Gasteiger partial charge in [-0.1, -0.05) is 54.1 Å². The molecule has 0 aliphatic rings. The first-order valence-corrected chi connectivity index (χ1v) is 7.74. The summed E-state index contributed by atoms with van der Waals surface area (Å²) in [7, 11) is 0. The van der Waals surface area contributed by atoms with Gasteiger partial charge in [0.2, 0.25) is 0 Å². The highest BCUT2D eigenvalue weighted by molar-refractivity contribution is 5.79. The second-order valence-electron chi connectivity index (χ2n) is 5.33. The lowest BCUT2D eigenvalue weighted by Gasteiger charge is -2.13. The molecule has 25 heavy (non-hydrogen) atoms. The van der Waals surface area contributed by atoms with Gasteiger partial charge in [0.15, 0.2) is 6.61 Å². The summed E-state index contributed by atoms with van der Waals surface area (Å²) in [5.41, 5.74) is 7.52. The van der Waals surface area contributed by atoms with Crippen molar-refractivity contribution in [3.05, 3.63) is 71.8 Å². The molecular weight excluding hydrogens is 320 g/mol. The van der Waals surface area contributed by atoms with Crippen LogP contribution in [0.15, 0.2) is 60.7 Å². The third-order valence-corrected chi connectivity index (χ3v) is 3.29. The molecule has 0 unspecified atom stereocenters. The molecule has 1 amide bonds. The van der Waals surface area contributed by atoms with Crippen LogP contribution in [0.25, 0.3) is 5.70 Å². The summed E-state index contributed by atoms with van der Waals surface area (Å²) in [4.78, 5) is 22.6. The van der Waals surface area contributed by atoms with Gasteiger partial charge >= 0.3 is 0 Å². The molecule has 0 fully saturated rings. The monoisotopic (exact) mass is 339 g/mol. The Morgan fingerprint density at radius 2 is 1.72 bits per heavy atom. The quantitative estimate of drug-likeness (QED) is 0.705. The van der Waals surface area contributed by atoms with Crippen molar-refractivity contribution in [2.24, 2.45) is 0 Å². The zero-order valence-electron chi connectivity index (χ0n) is 13.8. The molecule has 6 nitrogen and oxygen atoms in total. The van der Waals surface area contributed by atoms with Gasteiger partial charge in [0.25, 0.3) is 5.91 Å². The molecule has 0 radical (unpaired) electrons. The Hall–Kier alpha value is -3.28. The fraction of sp³-hybridized carbons (Fsp3) is 0.158. The number of hydrazine groups is 1. The van der Waals surface area contributed by atoms with Gasteiger partial charge in [-0.3, -0.25) is 15.6 Å². The number of carbonyl (C=O) groups excluding carboxylic acids is 2. The molecule has 6 heteroatoms. The molecule has 0 saturated carbocycles. The van der Waals surface area contributed by atoms with Crippen molar-refractivity contribution in [2.75, 3.05) is 6.61 Å². The van der Waals surface area contributed by atoms with E-state index in [1.165, 1.54) is 6.08 Å². The number of carboxylic acids is 1. The third-order valence-electron chi connectivity index (χ3n) is 3.29. The number of amides is 1. The minimum atomic E-state index is -1.20. The molecule has 0 aromatic heterocycles. The number of ether oxygens (including phenoxy) is 1. The van der Waals surface area contributed by atoms with Crippen LogP contribution in [0.2, 0.25) is 0 Å². The normalized spacial score (nSPS) is 10.8. The molecule has 0 saturated heterocycles. The van der Waals surface area contributed by atoms with E-state index in [1.807, 2.05) is 37.3 Å². The Balaban J connectivity index is 1.90. The minimum absolute atomic E-state index is 0.168. The number of aliphatic carboxylic acids is 1. The second kappa shape index (κ2) is 9.12. The van der Waals surface area contributed by atoms with Crippen molar-refractivity contribution in [2.45, 2.75) is 13.3 Å². The summed E-state index contributed by atoms with van der Waals surface area (Å²) in [6.45, 7) is 1.79. The first kappa shape index (κ1) is 18.1. The molecule has 0 heterocycles. The van der Waals surface area contributed by atoms with Gasteiger partial charge in [-0.2, -0.15) is 0 Å². The van der Waals surface area contributed by atoms with Crippen LogP contribution in [-0.2, 0) is 9.59 Å². The number of nitrogens with one attached hydrogen (secondary N) is 2. The maximum atomic E-state index is 11.9. The Morgan fingerprint density at radius 1 is 1.04 bits per heavy atom. The smallest absolute Gasteiger partial charge is 0.276 e. The van der Waals surface area contributed by atoms with E-state index < -0.39 is 11.9 Å². The van der Waals surface area contributed by atoms with E-state index in [0.717, 1.165) is 11.1 Å². The van der Waals surface area contributed by atoms with Crippen LogP contribution in [0.3, 0.4) is 0 Å². The molecular formula is C19H19N2O4-. The van der Waals surface area contributed by atoms with Gasteiger partial charge in [0, 0.05) is 12.4 Å². The first-order chi connectivity index (χ1) is 12.0. The van der Waals surface area contributed by atoms with Gasteiger partial charge in [0.1, 0.15) is 5.75 Å². The average molecular weight is 339 g/mol. The SMILES string of the molecule is Cc1ccc(OCC(=O)NNC(=CCC(=O)[O-])c2ccccc2)cc1. The van der Waals surface area contributed by atoms with Crippen LogP contribution in [0.4, 0.5) is 0 Å². The molecule has 0 bridgehead atoms. The number of carboxylic acid groups (broad SMARTS) is 1. The third kappa shape index (κ3) is 6.39. The lowest BCUT2D eigenvalue weighted by molar-refractivity contribution is -0.304. The number of rotatable bonds is 8. The first-order valence-electron chi connectivity index (χ1n) is 7.74. The Morgan fingerprint density at radius 3 is 2.36 bits per heavy atom. The van der Waals surface area contributed by atoms with Crippen LogP contribution >= 0.6 is 0 Å². The highest BCUT2D eigenvalue weighted by atomic mass is 16.5. The molecule has 2 rings (SSSR count). The Kier molecular flexibility index (Phi) is 6.59. The lowest BCUT2D eigenvalue weighted by Crippen LogP contribution is -2.39. The molecule has 2 aromatic rings. The number of hydrogen-bond donors (Lipinski definition) is 2. The van der Waals surface area contributed by atoms with E-state index in [4.69, 9.17) is 4.74 Å². The lowest BCUT2D eigenvalue weighted by atomic mass is 10.1. The topological polar surface area (TPSA) is 90.5 Å². The predicted octanol–water partition coefficient (Wildman–Crippen LogP) is 1.18. The minimum Gasteiger partial charge on any atom is -0.550 e. The highest BCUT2D eigenvalue weighted by Gasteiger charge is 2.05. The van der Waals surface area contributed by atoms with Gasteiger partial charge in [-0.25, -0.2) is 0 Å². The number of hydrogen-bond acceptors (Lipinski definition) is 5. The highest BCUT2D eigenvalue weighted by Crippen LogP contribution is 2.12.